The van der Waals surface area contributed by atoms with Crippen LogP contribution in [0.2, 0.25) is 0 Å². The van der Waals surface area contributed by atoms with Crippen LogP contribution in [0.4, 0.5) is 34.1 Å². The van der Waals surface area contributed by atoms with Crippen molar-refractivity contribution in [2.24, 2.45) is 20.5 Å². The van der Waals surface area contributed by atoms with Crippen molar-refractivity contribution in [3.05, 3.63) is 103 Å². The third-order valence-corrected chi connectivity index (χ3v) is 9.62. The molecule has 0 radical (unpaired) electrons. The van der Waals surface area contributed by atoms with Gasteiger partial charge in [0.15, 0.2) is 0 Å². The summed E-state index contributed by atoms with van der Waals surface area (Å²) in [5, 5.41) is 28.7. The van der Waals surface area contributed by atoms with Crippen molar-refractivity contribution >= 4 is 75.9 Å². The minimum atomic E-state index is -4.71. The number of anilines is 2. The lowest BCUT2D eigenvalue weighted by atomic mass is 10.0. The normalized spacial score (nSPS) is 12.4. The highest BCUT2D eigenvalue weighted by Gasteiger charge is 2.22. The number of hydrogen-bond donors (Lipinski definition) is 5. The summed E-state index contributed by atoms with van der Waals surface area (Å²) in [6.45, 7) is -0.451. The lowest BCUT2D eigenvalue weighted by molar-refractivity contribution is 0.282. The fraction of sp³-hybridized carbons (Fsp3) is 0.0588. The average Bonchev–Trinajstić information content (AvgIpc) is 3.09. The monoisotopic (exact) mass is 712 g/mol. The van der Waals surface area contributed by atoms with Gasteiger partial charge < -0.3 is 21.3 Å². The van der Waals surface area contributed by atoms with E-state index < -0.39 is 36.6 Å². The molecular formula is C34H28N6O8S2. The molecule has 0 aliphatic carbocycles. The van der Waals surface area contributed by atoms with Crippen LogP contribution in [0.25, 0.3) is 32.7 Å². The number of nitrogen functional groups attached to an aromatic ring is 2. The Morgan fingerprint density at radius 1 is 0.620 bits per heavy atom. The molecule has 0 saturated heterocycles. The molecule has 16 heteroatoms. The number of rotatable bonds is 9. The van der Waals surface area contributed by atoms with Gasteiger partial charge in [0.05, 0.1) is 30.8 Å². The molecule has 7 N–H and O–H groups in total. The van der Waals surface area contributed by atoms with Crippen LogP contribution in [-0.2, 0) is 26.8 Å². The largest absolute Gasteiger partial charge is 0.494 e. The van der Waals surface area contributed by atoms with Gasteiger partial charge in [0.1, 0.15) is 32.6 Å². The van der Waals surface area contributed by atoms with Gasteiger partial charge in [0.25, 0.3) is 20.2 Å². The number of methoxy groups -OCH3 is 1. The maximum atomic E-state index is 12.2. The van der Waals surface area contributed by atoms with E-state index in [9.17, 15) is 31.0 Å². The number of nitrogens with two attached hydrogens (primary N) is 2. The Morgan fingerprint density at radius 3 is 1.56 bits per heavy atom. The first-order chi connectivity index (χ1) is 23.8. The number of fused-ring (bicyclic) bond motifs is 2. The molecule has 6 aromatic carbocycles. The molecular weight excluding hydrogens is 685 g/mol. The molecule has 0 amide bonds. The first-order valence-corrected chi connectivity index (χ1v) is 17.5. The minimum absolute atomic E-state index is 0.00323. The maximum absolute atomic E-state index is 12.2. The van der Waals surface area contributed by atoms with Crippen LogP contribution < -0.4 is 16.2 Å². The highest BCUT2D eigenvalue weighted by molar-refractivity contribution is 7.86. The second-order valence-electron chi connectivity index (χ2n) is 11.0. The molecule has 254 valence electrons. The predicted octanol–water partition coefficient (Wildman–Crippen LogP) is 7.65. The fourth-order valence-electron chi connectivity index (χ4n) is 5.41. The number of aliphatic hydroxyl groups excluding tert-OH is 1. The standard InChI is InChI=1S/C34H28N6O8S2/c1-48-28-15-20(11-13-27(28)38-40-34-30(50(45,46)47)17-22-7-3-5-9-25(22)32(34)36)19-10-12-26(23(14-19)18-41)37-39-33-29(49(42,43)44)16-21-6-2-4-8-24(21)31(33)35/h2-17,41H,18,35-36H2,1H3,(H,42,43,44)(H,45,46,47). The van der Waals surface area contributed by atoms with Crippen molar-refractivity contribution in [3.63, 3.8) is 0 Å². The maximum Gasteiger partial charge on any atom is 0.296 e. The molecule has 0 unspecified atom stereocenters. The predicted molar refractivity (Wildman–Crippen MR) is 189 cm³/mol. The molecule has 50 heavy (non-hydrogen) atoms. The molecule has 0 saturated carbocycles. The van der Waals surface area contributed by atoms with E-state index in [4.69, 9.17) is 16.2 Å². The van der Waals surface area contributed by atoms with Crippen molar-refractivity contribution in [1.82, 2.24) is 0 Å². The van der Waals surface area contributed by atoms with E-state index in [1.54, 1.807) is 84.9 Å². The Balaban J connectivity index is 1.35. The first-order valence-electron chi connectivity index (χ1n) is 14.6. The fourth-order valence-corrected chi connectivity index (χ4v) is 6.75. The Morgan fingerprint density at radius 2 is 1.08 bits per heavy atom. The molecule has 0 atom stereocenters. The van der Waals surface area contributed by atoms with Crippen molar-refractivity contribution < 1.29 is 35.8 Å². The van der Waals surface area contributed by atoms with Gasteiger partial charge in [-0.1, -0.05) is 60.7 Å². The lowest BCUT2D eigenvalue weighted by Gasteiger charge is -2.11. The molecule has 0 fully saturated rings. The Hall–Kier alpha value is -5.78. The average molecular weight is 713 g/mol. The van der Waals surface area contributed by atoms with Gasteiger partial charge in [0.2, 0.25) is 0 Å². The summed E-state index contributed by atoms with van der Waals surface area (Å²) >= 11 is 0. The van der Waals surface area contributed by atoms with Gasteiger partial charge >= 0.3 is 0 Å². The number of benzene rings is 6. The summed E-state index contributed by atoms with van der Waals surface area (Å²) < 4.78 is 74.0. The quantitative estimate of drug-likeness (QED) is 0.0557. The van der Waals surface area contributed by atoms with Crippen LogP contribution in [0.3, 0.4) is 0 Å². The number of aliphatic hydroxyl groups is 1. The third kappa shape index (κ3) is 6.60. The van der Waals surface area contributed by atoms with E-state index in [0.29, 0.717) is 38.2 Å². The van der Waals surface area contributed by atoms with E-state index in [-0.39, 0.29) is 39.9 Å². The van der Waals surface area contributed by atoms with Crippen LogP contribution in [0, 0.1) is 0 Å². The van der Waals surface area contributed by atoms with Crippen LogP contribution in [0.15, 0.2) is 127 Å². The topological polar surface area (TPSA) is 240 Å². The van der Waals surface area contributed by atoms with E-state index in [0.717, 1.165) is 0 Å². The number of hydrogen-bond acceptors (Lipinski definition) is 12. The third-order valence-electron chi connectivity index (χ3n) is 7.89. The SMILES string of the molecule is COc1cc(-c2ccc(N=Nc3c(S(=O)(=O)O)cc4ccccc4c3N)c(CO)c2)ccc1N=Nc1c(S(=O)(=O)O)cc2ccccc2c1N. The molecule has 14 nitrogen and oxygen atoms in total. The summed E-state index contributed by atoms with van der Waals surface area (Å²) in [6, 6.07) is 25.9. The lowest BCUT2D eigenvalue weighted by Crippen LogP contribution is -2.01. The molecule has 6 aromatic rings. The van der Waals surface area contributed by atoms with Crippen molar-refractivity contribution in [3.8, 4) is 16.9 Å². The Labute approximate surface area is 285 Å². The van der Waals surface area contributed by atoms with E-state index in [1.807, 2.05) is 0 Å². The summed E-state index contributed by atoms with van der Waals surface area (Å²) in [4.78, 5) is -1.01. The zero-order valence-corrected chi connectivity index (χ0v) is 27.7. The highest BCUT2D eigenvalue weighted by Crippen LogP contribution is 2.42. The van der Waals surface area contributed by atoms with Gasteiger partial charge in [-0.2, -0.15) is 21.9 Å². The molecule has 0 bridgehead atoms. The van der Waals surface area contributed by atoms with Crippen molar-refractivity contribution in [1.29, 1.82) is 0 Å². The summed E-state index contributed by atoms with van der Waals surface area (Å²) in [7, 11) is -8.01. The number of nitrogens with zero attached hydrogens (tertiary/aromatic N) is 4. The molecule has 0 heterocycles. The van der Waals surface area contributed by atoms with Gasteiger partial charge in [0, 0.05) is 16.3 Å². The number of azo groups is 2. The molecule has 0 aliphatic heterocycles. The van der Waals surface area contributed by atoms with Gasteiger partial charge in [-0.05, 0) is 58.3 Å². The molecule has 0 aliphatic rings. The summed E-state index contributed by atoms with van der Waals surface area (Å²) in [6.07, 6.45) is 0. The van der Waals surface area contributed by atoms with Crippen molar-refractivity contribution in [2.75, 3.05) is 18.6 Å². The first kappa shape index (κ1) is 34.1. The van der Waals surface area contributed by atoms with Gasteiger partial charge in [-0.15, -0.1) is 15.3 Å². The Bertz CT molecular complexity index is 2430. The smallest absolute Gasteiger partial charge is 0.296 e. The van der Waals surface area contributed by atoms with E-state index in [2.05, 4.69) is 20.5 Å². The summed E-state index contributed by atoms with van der Waals surface area (Å²) in [5.74, 6) is 0.262. The van der Waals surface area contributed by atoms with Crippen molar-refractivity contribution in [2.45, 2.75) is 16.4 Å². The zero-order valence-electron chi connectivity index (χ0n) is 26.1. The van der Waals surface area contributed by atoms with Crippen LogP contribution in [-0.4, -0.2) is 38.2 Å². The number of ether oxygens (including phenoxy) is 1. The Kier molecular flexibility index (Phi) is 9.04. The van der Waals surface area contributed by atoms with Crippen LogP contribution in [0.1, 0.15) is 5.56 Å². The van der Waals surface area contributed by atoms with Crippen LogP contribution in [0.5, 0.6) is 5.75 Å². The summed E-state index contributed by atoms with van der Waals surface area (Å²) in [5.41, 5.74) is 14.1. The van der Waals surface area contributed by atoms with E-state index in [1.165, 1.54) is 19.2 Å². The second kappa shape index (κ2) is 13.3. The van der Waals surface area contributed by atoms with Gasteiger partial charge in [-0.25, -0.2) is 0 Å². The van der Waals surface area contributed by atoms with E-state index >= 15 is 0 Å². The van der Waals surface area contributed by atoms with Gasteiger partial charge in [-0.3, -0.25) is 9.11 Å². The van der Waals surface area contributed by atoms with Crippen LogP contribution >= 0.6 is 0 Å². The second-order valence-corrected chi connectivity index (χ2v) is 13.7. The highest BCUT2D eigenvalue weighted by atomic mass is 32.2. The molecule has 0 spiro atoms. The minimum Gasteiger partial charge on any atom is -0.494 e. The molecule has 0 aromatic heterocycles. The zero-order chi connectivity index (χ0) is 35.8. The molecule has 6 rings (SSSR count).